The van der Waals surface area contributed by atoms with Crippen LogP contribution in [0.4, 0.5) is 0 Å². The number of rotatable bonds is 8. The minimum atomic E-state index is -3.42. The van der Waals surface area contributed by atoms with Crippen molar-refractivity contribution >= 4 is 16.2 Å². The summed E-state index contributed by atoms with van der Waals surface area (Å²) in [4.78, 5) is 10.7. The van der Waals surface area contributed by atoms with Gasteiger partial charge < -0.3 is 5.11 Å². The maximum absolute atomic E-state index is 12.4. The van der Waals surface area contributed by atoms with Crippen molar-refractivity contribution in [1.29, 1.82) is 0 Å². The van der Waals surface area contributed by atoms with E-state index < -0.39 is 16.2 Å². The zero-order valence-corrected chi connectivity index (χ0v) is 12.5. The number of hydrogen-bond donors (Lipinski definition) is 1. The largest absolute Gasteiger partial charge is 0.481 e. The monoisotopic (exact) mass is 292 g/mol. The van der Waals surface area contributed by atoms with Gasteiger partial charge in [0.2, 0.25) is 0 Å². The van der Waals surface area contributed by atoms with Crippen molar-refractivity contribution in [1.82, 2.24) is 8.61 Å². The Bertz CT molecular complexity index is 391. The fourth-order valence-electron chi connectivity index (χ4n) is 2.42. The van der Waals surface area contributed by atoms with Crippen molar-refractivity contribution in [2.24, 2.45) is 5.92 Å². The highest BCUT2D eigenvalue weighted by molar-refractivity contribution is 7.86. The Hall–Kier alpha value is -0.660. The third-order valence-corrected chi connectivity index (χ3v) is 5.31. The van der Waals surface area contributed by atoms with Gasteiger partial charge in [-0.05, 0) is 25.2 Å². The predicted molar refractivity (Wildman–Crippen MR) is 73.0 cm³/mol. The summed E-state index contributed by atoms with van der Waals surface area (Å²) in [5.74, 6) is -0.916. The lowest BCUT2D eigenvalue weighted by Gasteiger charge is -2.26. The van der Waals surface area contributed by atoms with E-state index in [4.69, 9.17) is 5.11 Å². The first-order valence-electron chi connectivity index (χ1n) is 6.88. The number of carbonyl (C=O) groups is 1. The molecule has 1 aliphatic heterocycles. The van der Waals surface area contributed by atoms with E-state index in [0.29, 0.717) is 32.6 Å². The van der Waals surface area contributed by atoms with Gasteiger partial charge in [-0.25, -0.2) is 0 Å². The summed E-state index contributed by atoms with van der Waals surface area (Å²) in [5, 5.41) is 8.76. The van der Waals surface area contributed by atoms with Crippen LogP contribution in [0.25, 0.3) is 0 Å². The molecule has 1 saturated heterocycles. The number of aliphatic carboxylic acids is 1. The molecule has 0 saturated carbocycles. The van der Waals surface area contributed by atoms with Gasteiger partial charge in [0, 0.05) is 32.6 Å². The van der Waals surface area contributed by atoms with Gasteiger partial charge in [0.1, 0.15) is 0 Å². The molecule has 0 aromatic carbocycles. The molecule has 0 bridgehead atoms. The summed E-state index contributed by atoms with van der Waals surface area (Å²) >= 11 is 0. The van der Waals surface area contributed by atoms with Gasteiger partial charge in [0.05, 0.1) is 0 Å². The quantitative estimate of drug-likeness (QED) is 0.728. The zero-order chi connectivity index (χ0) is 14.5. The zero-order valence-electron chi connectivity index (χ0n) is 11.7. The van der Waals surface area contributed by atoms with Crippen molar-refractivity contribution < 1.29 is 18.3 Å². The smallest absolute Gasteiger partial charge is 0.303 e. The average Bonchev–Trinajstić information content (AvgIpc) is 2.77. The topological polar surface area (TPSA) is 77.9 Å². The standard InChI is InChI=1S/C12H24N2O4S/c1-3-6-13(7-4-2)19(17,18)14-8-5-11(10-14)9-12(15)16/h11H,3-10H2,1-2H3,(H,15,16). The Labute approximate surface area is 115 Å². The Morgan fingerprint density at radius 2 is 1.89 bits per heavy atom. The summed E-state index contributed by atoms with van der Waals surface area (Å²) in [6.45, 7) is 5.72. The first kappa shape index (κ1) is 16.4. The highest BCUT2D eigenvalue weighted by atomic mass is 32.2. The van der Waals surface area contributed by atoms with Crippen LogP contribution in [-0.2, 0) is 15.0 Å². The molecule has 7 heteroatoms. The molecule has 112 valence electrons. The predicted octanol–water partition coefficient (Wildman–Crippen LogP) is 1.15. The fraction of sp³-hybridized carbons (Fsp3) is 0.917. The van der Waals surface area contributed by atoms with Crippen LogP contribution in [0.5, 0.6) is 0 Å². The van der Waals surface area contributed by atoms with Crippen LogP contribution in [0.2, 0.25) is 0 Å². The summed E-state index contributed by atoms with van der Waals surface area (Å²) in [6.07, 6.45) is 2.25. The van der Waals surface area contributed by atoms with Crippen LogP contribution >= 0.6 is 0 Å². The molecule has 19 heavy (non-hydrogen) atoms. The first-order chi connectivity index (χ1) is 8.91. The van der Waals surface area contributed by atoms with Crippen LogP contribution < -0.4 is 0 Å². The van der Waals surface area contributed by atoms with E-state index >= 15 is 0 Å². The Morgan fingerprint density at radius 1 is 1.32 bits per heavy atom. The third kappa shape index (κ3) is 4.43. The highest BCUT2D eigenvalue weighted by Crippen LogP contribution is 2.24. The lowest BCUT2D eigenvalue weighted by atomic mass is 10.1. The first-order valence-corrected chi connectivity index (χ1v) is 8.28. The highest BCUT2D eigenvalue weighted by Gasteiger charge is 2.35. The Morgan fingerprint density at radius 3 is 2.37 bits per heavy atom. The normalized spacial score (nSPS) is 21.1. The SMILES string of the molecule is CCCN(CCC)S(=O)(=O)N1CCC(CC(=O)O)C1. The van der Waals surface area contributed by atoms with Gasteiger partial charge in [0.15, 0.2) is 0 Å². The van der Waals surface area contributed by atoms with Crippen molar-refractivity contribution in [3.63, 3.8) is 0 Å². The second-order valence-electron chi connectivity index (χ2n) is 5.02. The summed E-state index contributed by atoms with van der Waals surface area (Å²) in [6, 6.07) is 0. The molecular weight excluding hydrogens is 268 g/mol. The minimum absolute atomic E-state index is 0.0492. The Kier molecular flexibility index (Phi) is 6.22. The van der Waals surface area contributed by atoms with Crippen molar-refractivity contribution in [3.05, 3.63) is 0 Å². The molecule has 0 radical (unpaired) electrons. The lowest BCUT2D eigenvalue weighted by Crippen LogP contribution is -2.43. The maximum Gasteiger partial charge on any atom is 0.303 e. The van der Waals surface area contributed by atoms with Gasteiger partial charge in [0.25, 0.3) is 10.2 Å². The molecule has 0 aromatic rings. The number of carboxylic acid groups (broad SMARTS) is 1. The van der Waals surface area contributed by atoms with Gasteiger partial charge in [-0.15, -0.1) is 0 Å². The van der Waals surface area contributed by atoms with E-state index in [-0.39, 0.29) is 12.3 Å². The summed E-state index contributed by atoms with van der Waals surface area (Å²) < 4.78 is 27.8. The number of hydrogen-bond acceptors (Lipinski definition) is 3. The van der Waals surface area contributed by atoms with E-state index in [1.165, 1.54) is 8.61 Å². The molecule has 0 aliphatic carbocycles. The average molecular weight is 292 g/mol. The van der Waals surface area contributed by atoms with Gasteiger partial charge in [-0.1, -0.05) is 13.8 Å². The van der Waals surface area contributed by atoms with Crippen LogP contribution in [0.15, 0.2) is 0 Å². The molecule has 0 spiro atoms. The molecule has 1 aliphatic rings. The van der Waals surface area contributed by atoms with E-state index in [1.54, 1.807) is 0 Å². The number of nitrogens with zero attached hydrogens (tertiary/aromatic N) is 2. The summed E-state index contributed by atoms with van der Waals surface area (Å²) in [7, 11) is -3.42. The molecule has 1 fully saturated rings. The van der Waals surface area contributed by atoms with Crippen LogP contribution in [0, 0.1) is 5.92 Å². The van der Waals surface area contributed by atoms with Gasteiger partial charge in [-0.3, -0.25) is 4.79 Å². The second kappa shape index (κ2) is 7.21. The molecular formula is C12H24N2O4S. The van der Waals surface area contributed by atoms with Gasteiger partial charge >= 0.3 is 5.97 Å². The molecule has 1 N–H and O–H groups in total. The van der Waals surface area contributed by atoms with E-state index in [9.17, 15) is 13.2 Å². The molecule has 1 atom stereocenters. The van der Waals surface area contributed by atoms with E-state index in [0.717, 1.165) is 12.8 Å². The molecule has 1 heterocycles. The van der Waals surface area contributed by atoms with E-state index in [2.05, 4.69) is 0 Å². The second-order valence-corrected chi connectivity index (χ2v) is 6.95. The molecule has 1 unspecified atom stereocenters. The van der Waals surface area contributed by atoms with Gasteiger partial charge in [-0.2, -0.15) is 17.0 Å². The fourth-order valence-corrected chi connectivity index (χ4v) is 4.31. The van der Waals surface area contributed by atoms with Crippen LogP contribution in [0.3, 0.4) is 0 Å². The number of carboxylic acids is 1. The molecule has 1 rings (SSSR count). The molecule has 6 nitrogen and oxygen atoms in total. The molecule has 0 amide bonds. The van der Waals surface area contributed by atoms with Crippen LogP contribution in [-0.4, -0.2) is 54.3 Å². The third-order valence-electron chi connectivity index (χ3n) is 3.31. The Balaban J connectivity index is 2.69. The summed E-state index contributed by atoms with van der Waals surface area (Å²) in [5.41, 5.74) is 0. The van der Waals surface area contributed by atoms with Crippen molar-refractivity contribution in [2.45, 2.75) is 39.5 Å². The maximum atomic E-state index is 12.4. The van der Waals surface area contributed by atoms with E-state index in [1.807, 2.05) is 13.8 Å². The van der Waals surface area contributed by atoms with Crippen molar-refractivity contribution in [3.8, 4) is 0 Å². The lowest BCUT2D eigenvalue weighted by molar-refractivity contribution is -0.137. The van der Waals surface area contributed by atoms with Crippen LogP contribution in [0.1, 0.15) is 39.5 Å². The minimum Gasteiger partial charge on any atom is -0.481 e. The van der Waals surface area contributed by atoms with Crippen molar-refractivity contribution in [2.75, 3.05) is 26.2 Å². The molecule has 0 aromatic heterocycles.